The topological polar surface area (TPSA) is 81.3 Å². The molecule has 0 aliphatic carbocycles. The van der Waals surface area contributed by atoms with Crippen LogP contribution in [0.15, 0.2) is 35.3 Å². The van der Waals surface area contributed by atoms with Gasteiger partial charge in [-0.05, 0) is 17.7 Å². The summed E-state index contributed by atoms with van der Waals surface area (Å²) < 4.78 is 13.9. The van der Waals surface area contributed by atoms with Crippen LogP contribution >= 0.6 is 0 Å². The Balaban J connectivity index is 1.45. The summed E-state index contributed by atoms with van der Waals surface area (Å²) in [5, 5.41) is 4.30. The molecule has 2 aliphatic rings. The molecule has 1 aromatic carbocycles. The van der Waals surface area contributed by atoms with Crippen molar-refractivity contribution < 1.29 is 14.3 Å². The third kappa shape index (κ3) is 3.57. The first kappa shape index (κ1) is 20.7. The lowest BCUT2D eigenvalue weighted by molar-refractivity contribution is 0.0304. The number of ether oxygens (including phenoxy) is 2. The van der Waals surface area contributed by atoms with E-state index < -0.39 is 0 Å². The van der Waals surface area contributed by atoms with Crippen LogP contribution in [0.4, 0.5) is 0 Å². The number of aryl methyl sites for hydroxylation is 1. The number of hydrogen-bond donors (Lipinski definition) is 0. The number of hydrogen-bond acceptors (Lipinski definition) is 6. The fraction of sp³-hybridized carbons (Fsp3) is 0.435. The van der Waals surface area contributed by atoms with Crippen LogP contribution in [-0.4, -0.2) is 69.8 Å². The molecule has 0 N–H and O–H groups in total. The molecule has 9 nitrogen and oxygen atoms in total. The molecule has 0 saturated carbocycles. The Kier molecular flexibility index (Phi) is 5.44. The second kappa shape index (κ2) is 8.40. The second-order valence-electron chi connectivity index (χ2n) is 8.30. The maximum atomic E-state index is 13.3. The van der Waals surface area contributed by atoms with Crippen molar-refractivity contribution in [1.29, 1.82) is 0 Å². The lowest BCUT2D eigenvalue weighted by Gasteiger charge is -2.30. The number of rotatable bonds is 4. The number of carbonyl (C=O) groups is 1. The quantitative estimate of drug-likeness (QED) is 0.608. The molecule has 2 aliphatic heterocycles. The summed E-state index contributed by atoms with van der Waals surface area (Å²) >= 11 is 0. The molecule has 0 atom stereocenters. The van der Waals surface area contributed by atoms with Crippen molar-refractivity contribution in [2.45, 2.75) is 19.5 Å². The average molecular weight is 438 g/mol. The minimum Gasteiger partial charge on any atom is -0.497 e. The number of fused-ring (bicyclic) bond motifs is 2. The highest BCUT2D eigenvalue weighted by molar-refractivity contribution is 5.99. The molecule has 0 radical (unpaired) electrons. The summed E-state index contributed by atoms with van der Waals surface area (Å²) in [5.74, 6) is 0.727. The van der Waals surface area contributed by atoms with Gasteiger partial charge in [-0.2, -0.15) is 9.61 Å². The Morgan fingerprint density at radius 2 is 1.91 bits per heavy atom. The highest BCUT2D eigenvalue weighted by atomic mass is 16.5. The maximum Gasteiger partial charge on any atom is 0.279 e. The van der Waals surface area contributed by atoms with Gasteiger partial charge in [0.15, 0.2) is 5.65 Å². The fourth-order valence-electron chi connectivity index (χ4n) is 4.65. The zero-order valence-electron chi connectivity index (χ0n) is 18.4. The number of benzene rings is 1. The zero-order valence-corrected chi connectivity index (χ0v) is 18.4. The Morgan fingerprint density at radius 1 is 1.16 bits per heavy atom. The van der Waals surface area contributed by atoms with E-state index in [0.29, 0.717) is 44.1 Å². The van der Waals surface area contributed by atoms with E-state index in [2.05, 4.69) is 10.00 Å². The van der Waals surface area contributed by atoms with Crippen molar-refractivity contribution in [2.75, 3.05) is 40.0 Å². The minimum atomic E-state index is -0.145. The molecule has 9 heteroatoms. The maximum absolute atomic E-state index is 13.3. The van der Waals surface area contributed by atoms with E-state index in [1.54, 1.807) is 12.0 Å². The molecule has 5 rings (SSSR count). The van der Waals surface area contributed by atoms with Crippen LogP contribution in [0.3, 0.4) is 0 Å². The first-order valence-electron chi connectivity index (χ1n) is 10.9. The number of amides is 1. The molecule has 32 heavy (non-hydrogen) atoms. The Morgan fingerprint density at radius 3 is 2.62 bits per heavy atom. The van der Waals surface area contributed by atoms with Crippen LogP contribution in [0.2, 0.25) is 0 Å². The SMILES string of the molecule is COc1ccc(CN2CCc3c(c(=O)n4ncc(C(=O)N5CCOCC5)c4n3C)C2)cc1. The summed E-state index contributed by atoms with van der Waals surface area (Å²) in [4.78, 5) is 30.4. The largest absolute Gasteiger partial charge is 0.497 e. The van der Waals surface area contributed by atoms with E-state index in [4.69, 9.17) is 9.47 Å². The summed E-state index contributed by atoms with van der Waals surface area (Å²) in [6, 6.07) is 8.00. The molecule has 168 valence electrons. The smallest absolute Gasteiger partial charge is 0.279 e. The predicted molar refractivity (Wildman–Crippen MR) is 118 cm³/mol. The number of aromatic nitrogens is 3. The molecule has 1 saturated heterocycles. The van der Waals surface area contributed by atoms with Crippen LogP contribution in [0.1, 0.15) is 27.2 Å². The van der Waals surface area contributed by atoms with E-state index in [-0.39, 0.29) is 11.5 Å². The van der Waals surface area contributed by atoms with Gasteiger partial charge in [-0.25, -0.2) is 0 Å². The molecule has 4 heterocycles. The molecule has 0 spiro atoms. The van der Waals surface area contributed by atoms with E-state index >= 15 is 0 Å². The van der Waals surface area contributed by atoms with Gasteiger partial charge in [0.05, 0.1) is 32.1 Å². The van der Waals surface area contributed by atoms with Gasteiger partial charge in [0, 0.05) is 51.9 Å². The zero-order chi connectivity index (χ0) is 22.2. The van der Waals surface area contributed by atoms with Crippen molar-refractivity contribution in [3.63, 3.8) is 0 Å². The van der Waals surface area contributed by atoms with Crippen molar-refractivity contribution in [3.8, 4) is 5.75 Å². The fourth-order valence-corrected chi connectivity index (χ4v) is 4.65. The van der Waals surface area contributed by atoms with E-state index in [1.165, 1.54) is 16.3 Å². The van der Waals surface area contributed by atoms with Crippen molar-refractivity contribution in [1.82, 2.24) is 24.0 Å². The number of carbonyl (C=O) groups excluding carboxylic acids is 1. The van der Waals surface area contributed by atoms with Gasteiger partial charge in [-0.15, -0.1) is 0 Å². The Hall–Kier alpha value is -3.17. The molecule has 1 fully saturated rings. The third-order valence-electron chi connectivity index (χ3n) is 6.41. The van der Waals surface area contributed by atoms with Gasteiger partial charge in [-0.1, -0.05) is 12.1 Å². The Labute approximate surface area is 185 Å². The lowest BCUT2D eigenvalue weighted by Crippen LogP contribution is -2.41. The monoisotopic (exact) mass is 437 g/mol. The van der Waals surface area contributed by atoms with Crippen LogP contribution in [0, 0.1) is 0 Å². The van der Waals surface area contributed by atoms with Crippen LogP contribution in [-0.2, 0) is 31.3 Å². The van der Waals surface area contributed by atoms with Crippen molar-refractivity contribution in [3.05, 3.63) is 63.2 Å². The van der Waals surface area contributed by atoms with Gasteiger partial charge in [0.2, 0.25) is 0 Å². The van der Waals surface area contributed by atoms with Gasteiger partial charge < -0.3 is 18.9 Å². The highest BCUT2D eigenvalue weighted by Gasteiger charge is 2.28. The molecule has 3 aromatic rings. The lowest BCUT2D eigenvalue weighted by atomic mass is 10.0. The normalized spacial score (nSPS) is 16.9. The van der Waals surface area contributed by atoms with E-state index in [9.17, 15) is 9.59 Å². The number of methoxy groups -OCH3 is 1. The number of nitrogens with zero attached hydrogens (tertiary/aromatic N) is 5. The predicted octanol–water partition coefficient (Wildman–Crippen LogP) is 1.07. The van der Waals surface area contributed by atoms with Crippen LogP contribution < -0.4 is 10.3 Å². The van der Waals surface area contributed by atoms with E-state index in [0.717, 1.165) is 36.5 Å². The molecule has 0 bridgehead atoms. The highest BCUT2D eigenvalue weighted by Crippen LogP contribution is 2.22. The van der Waals surface area contributed by atoms with Gasteiger partial charge in [0.1, 0.15) is 11.3 Å². The molecule has 0 unspecified atom stereocenters. The van der Waals surface area contributed by atoms with Crippen LogP contribution in [0.5, 0.6) is 5.75 Å². The molecular weight excluding hydrogens is 410 g/mol. The summed E-state index contributed by atoms with van der Waals surface area (Å²) in [5.41, 5.74) is 3.78. The van der Waals surface area contributed by atoms with Crippen molar-refractivity contribution in [2.24, 2.45) is 7.05 Å². The molecule has 1 amide bonds. The van der Waals surface area contributed by atoms with Gasteiger partial charge in [0.25, 0.3) is 11.5 Å². The number of morpholine rings is 1. The Bertz CT molecular complexity index is 1210. The molecule has 2 aromatic heterocycles. The average Bonchev–Trinajstić information content (AvgIpc) is 3.29. The van der Waals surface area contributed by atoms with Gasteiger partial charge >= 0.3 is 0 Å². The van der Waals surface area contributed by atoms with Crippen LogP contribution in [0.25, 0.3) is 5.65 Å². The second-order valence-corrected chi connectivity index (χ2v) is 8.30. The summed E-state index contributed by atoms with van der Waals surface area (Å²) in [6.45, 7) is 4.31. The van der Waals surface area contributed by atoms with Gasteiger partial charge in [-0.3, -0.25) is 14.5 Å². The standard InChI is InChI=1S/C23H27N5O4/c1-25-20-7-8-26(14-16-3-5-17(31-2)6-4-16)15-19(20)23(30)28-21(25)18(13-24-28)22(29)27-9-11-32-12-10-27/h3-6,13H,7-12,14-15H2,1-2H3. The third-order valence-corrected chi connectivity index (χ3v) is 6.41. The first-order valence-corrected chi connectivity index (χ1v) is 10.9. The van der Waals surface area contributed by atoms with E-state index in [1.807, 2.05) is 35.9 Å². The first-order chi connectivity index (χ1) is 15.6. The van der Waals surface area contributed by atoms with Crippen molar-refractivity contribution >= 4 is 11.6 Å². The molecular formula is C23H27N5O4. The summed E-state index contributed by atoms with van der Waals surface area (Å²) in [7, 11) is 3.58. The minimum absolute atomic E-state index is 0.102. The summed E-state index contributed by atoms with van der Waals surface area (Å²) in [6.07, 6.45) is 2.26.